The molecule has 0 saturated heterocycles. The second-order valence-electron chi connectivity index (χ2n) is 4.08. The first-order chi connectivity index (χ1) is 8.69. The number of anilines is 3. The monoisotopic (exact) mass is 238 g/mol. The predicted octanol–water partition coefficient (Wildman–Crippen LogP) is 2.78. The molecule has 4 heteroatoms. The Morgan fingerprint density at radius 2 is 2.06 bits per heavy atom. The summed E-state index contributed by atoms with van der Waals surface area (Å²) in [6.45, 7) is 1.92. The Bertz CT molecular complexity index is 582. The highest BCUT2D eigenvalue weighted by molar-refractivity contribution is 5.61. The summed E-state index contributed by atoms with van der Waals surface area (Å²) in [6, 6.07) is 11.6. The van der Waals surface area contributed by atoms with Gasteiger partial charge in [0.15, 0.2) is 0 Å². The molecule has 0 aliphatic heterocycles. The third kappa shape index (κ3) is 2.77. The maximum atomic E-state index is 8.59. The number of aromatic nitrogens is 1. The zero-order valence-corrected chi connectivity index (χ0v) is 10.1. The summed E-state index contributed by atoms with van der Waals surface area (Å²) in [5.74, 6) is 0.714. The molecule has 1 aromatic heterocycles. The molecule has 0 amide bonds. The van der Waals surface area contributed by atoms with Crippen molar-refractivity contribution in [1.82, 2.24) is 4.98 Å². The van der Waals surface area contributed by atoms with Gasteiger partial charge in [0.05, 0.1) is 12.5 Å². The molecule has 3 N–H and O–H groups in total. The minimum atomic E-state index is 0.427. The fraction of sp³-hybridized carbons (Fsp3) is 0.143. The van der Waals surface area contributed by atoms with E-state index >= 15 is 0 Å². The summed E-state index contributed by atoms with van der Waals surface area (Å²) in [4.78, 5) is 4.25. The average molecular weight is 238 g/mol. The van der Waals surface area contributed by atoms with Crippen molar-refractivity contribution in [1.29, 1.82) is 5.26 Å². The number of nitrogens with one attached hydrogen (secondary N) is 1. The Labute approximate surface area is 106 Å². The van der Waals surface area contributed by atoms with Gasteiger partial charge in [-0.25, -0.2) is 4.98 Å². The average Bonchev–Trinajstić information content (AvgIpc) is 2.37. The van der Waals surface area contributed by atoms with Gasteiger partial charge >= 0.3 is 0 Å². The van der Waals surface area contributed by atoms with Gasteiger partial charge in [0.25, 0.3) is 0 Å². The number of nitrogen functional groups attached to an aromatic ring is 1. The van der Waals surface area contributed by atoms with E-state index in [1.807, 2.05) is 31.2 Å². The van der Waals surface area contributed by atoms with Crippen molar-refractivity contribution in [2.45, 2.75) is 13.3 Å². The van der Waals surface area contributed by atoms with E-state index in [0.29, 0.717) is 17.9 Å². The Morgan fingerprint density at radius 1 is 1.33 bits per heavy atom. The van der Waals surface area contributed by atoms with Crippen LogP contribution in [0.25, 0.3) is 0 Å². The van der Waals surface area contributed by atoms with Crippen molar-refractivity contribution in [3.63, 3.8) is 0 Å². The van der Waals surface area contributed by atoms with Crippen molar-refractivity contribution >= 4 is 17.2 Å². The van der Waals surface area contributed by atoms with Gasteiger partial charge < -0.3 is 11.1 Å². The van der Waals surface area contributed by atoms with Crippen molar-refractivity contribution in [3.8, 4) is 6.07 Å². The van der Waals surface area contributed by atoms with Crippen LogP contribution in [0.3, 0.4) is 0 Å². The van der Waals surface area contributed by atoms with Crippen LogP contribution in [0.15, 0.2) is 36.5 Å². The Hall–Kier alpha value is -2.54. The van der Waals surface area contributed by atoms with Crippen LogP contribution in [-0.2, 0) is 6.42 Å². The lowest BCUT2D eigenvalue weighted by Gasteiger charge is -2.07. The molecular weight excluding hydrogens is 224 g/mol. The molecule has 1 heterocycles. The number of rotatable bonds is 3. The van der Waals surface area contributed by atoms with Crippen molar-refractivity contribution in [2.24, 2.45) is 0 Å². The summed E-state index contributed by atoms with van der Waals surface area (Å²) in [6.07, 6.45) is 2.16. The summed E-state index contributed by atoms with van der Waals surface area (Å²) < 4.78 is 0. The molecule has 0 unspecified atom stereocenters. The van der Waals surface area contributed by atoms with Crippen LogP contribution in [0.4, 0.5) is 17.2 Å². The van der Waals surface area contributed by atoms with Crippen LogP contribution in [0.5, 0.6) is 0 Å². The van der Waals surface area contributed by atoms with Gasteiger partial charge in [-0.1, -0.05) is 12.1 Å². The van der Waals surface area contributed by atoms with Crippen molar-refractivity contribution in [2.75, 3.05) is 11.1 Å². The highest BCUT2D eigenvalue weighted by Gasteiger charge is 1.99. The minimum absolute atomic E-state index is 0.427. The molecular formula is C14H14N4. The largest absolute Gasteiger partial charge is 0.398 e. The number of hydrogen-bond acceptors (Lipinski definition) is 4. The summed E-state index contributed by atoms with van der Waals surface area (Å²) in [5.41, 5.74) is 9.42. The first-order valence-corrected chi connectivity index (χ1v) is 5.64. The number of nitrogens with zero attached hydrogens (tertiary/aromatic N) is 2. The van der Waals surface area contributed by atoms with Crippen LogP contribution < -0.4 is 11.1 Å². The Morgan fingerprint density at radius 3 is 2.67 bits per heavy atom. The van der Waals surface area contributed by atoms with Gasteiger partial charge in [-0.3, -0.25) is 0 Å². The first-order valence-electron chi connectivity index (χ1n) is 5.64. The topological polar surface area (TPSA) is 74.7 Å². The molecule has 1 aromatic carbocycles. The molecule has 4 nitrogen and oxygen atoms in total. The number of nitriles is 1. The number of aryl methyl sites for hydroxylation is 1. The van der Waals surface area contributed by atoms with Crippen molar-refractivity contribution < 1.29 is 0 Å². The fourth-order valence-corrected chi connectivity index (χ4v) is 1.55. The molecule has 0 aliphatic rings. The zero-order chi connectivity index (χ0) is 13.0. The van der Waals surface area contributed by atoms with E-state index in [4.69, 9.17) is 11.0 Å². The first kappa shape index (κ1) is 11.9. The molecule has 90 valence electrons. The lowest BCUT2D eigenvalue weighted by atomic mass is 10.1. The molecule has 18 heavy (non-hydrogen) atoms. The molecule has 0 atom stereocenters. The van der Waals surface area contributed by atoms with Crippen LogP contribution in [0.1, 0.15) is 11.1 Å². The molecule has 0 saturated carbocycles. The SMILES string of the molecule is Cc1cnc(Nc2ccc(CC#N)cc2)cc1N. The summed E-state index contributed by atoms with van der Waals surface area (Å²) in [5, 5.41) is 11.8. The lowest BCUT2D eigenvalue weighted by Crippen LogP contribution is -1.97. The molecule has 2 rings (SSSR count). The van der Waals surface area contributed by atoms with Gasteiger partial charge in [-0.15, -0.1) is 0 Å². The fourth-order valence-electron chi connectivity index (χ4n) is 1.55. The Kier molecular flexibility index (Phi) is 3.44. The third-order valence-electron chi connectivity index (χ3n) is 2.65. The number of pyridine rings is 1. The standard InChI is InChI=1S/C14H14N4/c1-10-9-17-14(8-13(10)16)18-12-4-2-11(3-5-12)6-7-15/h2-5,8-9H,6H2,1H3,(H3,16,17,18). The minimum Gasteiger partial charge on any atom is -0.398 e. The quantitative estimate of drug-likeness (QED) is 0.862. The van der Waals surface area contributed by atoms with Gasteiger partial charge in [0, 0.05) is 23.6 Å². The predicted molar refractivity (Wildman–Crippen MR) is 72.4 cm³/mol. The van der Waals surface area contributed by atoms with Gasteiger partial charge in [0.1, 0.15) is 5.82 Å². The molecule has 0 fully saturated rings. The molecule has 2 aromatic rings. The second-order valence-corrected chi connectivity index (χ2v) is 4.08. The Balaban J connectivity index is 2.13. The van der Waals surface area contributed by atoms with Gasteiger partial charge in [-0.05, 0) is 30.2 Å². The van der Waals surface area contributed by atoms with E-state index < -0.39 is 0 Å². The summed E-state index contributed by atoms with van der Waals surface area (Å²) >= 11 is 0. The van der Waals surface area contributed by atoms with Crippen LogP contribution in [0.2, 0.25) is 0 Å². The highest BCUT2D eigenvalue weighted by atomic mass is 15.0. The van der Waals surface area contributed by atoms with Crippen LogP contribution >= 0.6 is 0 Å². The third-order valence-corrected chi connectivity index (χ3v) is 2.65. The molecule has 0 radical (unpaired) electrons. The molecule has 0 spiro atoms. The van der Waals surface area contributed by atoms with Gasteiger partial charge in [0.2, 0.25) is 0 Å². The van der Waals surface area contributed by atoms with E-state index in [0.717, 1.165) is 16.8 Å². The zero-order valence-electron chi connectivity index (χ0n) is 10.1. The van der Waals surface area contributed by atoms with Crippen LogP contribution in [0, 0.1) is 18.3 Å². The maximum absolute atomic E-state index is 8.59. The van der Waals surface area contributed by atoms with Crippen LogP contribution in [-0.4, -0.2) is 4.98 Å². The maximum Gasteiger partial charge on any atom is 0.132 e. The number of hydrogen-bond donors (Lipinski definition) is 2. The summed E-state index contributed by atoms with van der Waals surface area (Å²) in [7, 11) is 0. The van der Waals surface area contributed by atoms with Gasteiger partial charge in [-0.2, -0.15) is 5.26 Å². The van der Waals surface area contributed by atoms with E-state index in [2.05, 4.69) is 16.4 Å². The molecule has 0 bridgehead atoms. The number of nitrogens with two attached hydrogens (primary N) is 1. The normalized spacial score (nSPS) is 9.78. The smallest absolute Gasteiger partial charge is 0.132 e. The number of benzene rings is 1. The van der Waals surface area contributed by atoms with E-state index in [9.17, 15) is 0 Å². The van der Waals surface area contributed by atoms with E-state index in [1.54, 1.807) is 12.3 Å². The highest BCUT2D eigenvalue weighted by Crippen LogP contribution is 2.19. The van der Waals surface area contributed by atoms with E-state index in [1.165, 1.54) is 0 Å². The molecule has 0 aliphatic carbocycles. The van der Waals surface area contributed by atoms with E-state index in [-0.39, 0.29) is 0 Å². The van der Waals surface area contributed by atoms with Crippen molar-refractivity contribution in [3.05, 3.63) is 47.7 Å². The lowest BCUT2D eigenvalue weighted by molar-refractivity contribution is 1.25. The second kappa shape index (κ2) is 5.19.